The molecular weight excluding hydrogens is 1310 g/mol. The van der Waals surface area contributed by atoms with Gasteiger partial charge in [0.25, 0.3) is 17.5 Å². The van der Waals surface area contributed by atoms with E-state index in [-0.39, 0.29) is 23.9 Å². The van der Waals surface area contributed by atoms with E-state index in [2.05, 4.69) is 263 Å². The fourth-order valence-electron chi connectivity index (χ4n) is 15.5. The Labute approximate surface area is 605 Å². The molecule has 6 heterocycles. The predicted molar refractivity (Wildman–Crippen MR) is 410 cm³/mol. The first-order valence-corrected chi connectivity index (χ1v) is 38.4. The third-order valence-corrected chi connectivity index (χ3v) is 21.5. The number of hydrogen-bond acceptors (Lipinski definition) is 3. The van der Waals surface area contributed by atoms with Gasteiger partial charge in [-0.3, -0.25) is 0 Å². The average Bonchev–Trinajstić information content (AvgIpc) is 1.71. The van der Waals surface area contributed by atoms with Crippen LogP contribution in [0.2, 0.25) is 0 Å². The number of benzene rings is 9. The molecule has 3 aliphatic rings. The molecule has 0 spiro atoms. The van der Waals surface area contributed by atoms with Crippen LogP contribution in [0.1, 0.15) is 185 Å². The van der Waals surface area contributed by atoms with Crippen molar-refractivity contribution in [3.63, 3.8) is 0 Å². The highest BCUT2D eigenvalue weighted by Crippen LogP contribution is 3.02. The van der Waals surface area contributed by atoms with Crippen molar-refractivity contribution in [1.29, 1.82) is 0 Å². The highest BCUT2D eigenvalue weighted by molar-refractivity contribution is 8.45. The van der Waals surface area contributed by atoms with E-state index in [1.165, 1.54) is 101 Å². The molecule has 0 fully saturated rings. The van der Waals surface area contributed by atoms with E-state index >= 15 is 0 Å². The van der Waals surface area contributed by atoms with Crippen molar-refractivity contribution >= 4 is 10.2 Å². The molecule has 0 unspecified atom stereocenters. The minimum atomic E-state index is -9.81. The van der Waals surface area contributed by atoms with Crippen LogP contribution >= 0.6 is 10.2 Å². The molecule has 0 radical (unpaired) electrons. The number of fused-ring (bicyclic) bond motifs is 9. The summed E-state index contributed by atoms with van der Waals surface area (Å²) in [5, 5.41) is 15.3. The summed E-state index contributed by atoms with van der Waals surface area (Å²) < 4.78 is 81.0. The highest BCUT2D eigenvalue weighted by Gasteiger charge is 2.65. The smallest absolute Gasteiger partial charge is 0.189 e. The summed E-state index contributed by atoms with van der Waals surface area (Å²) in [7, 11) is -9.81. The second kappa shape index (κ2) is 26.9. The third-order valence-electron chi connectivity index (χ3n) is 20.3. The van der Waals surface area contributed by atoms with E-state index < -0.39 is 15.1 Å². The topological polar surface area (TPSA) is 65.1 Å². The number of aryl methyl sites for hydroxylation is 5. The van der Waals surface area contributed by atoms with Gasteiger partial charge in [-0.05, 0) is 182 Å². The molecular formula is C88H97F5N9S+3. The molecule has 532 valence electrons. The quantitative estimate of drug-likeness (QED) is 0.0759. The first-order valence-electron chi connectivity index (χ1n) is 36.5. The minimum Gasteiger partial charge on any atom is -0.189 e. The van der Waals surface area contributed by atoms with Crippen LogP contribution in [0.3, 0.4) is 0 Å². The maximum Gasteiger partial charge on any atom is 0.314 e. The van der Waals surface area contributed by atoms with E-state index in [1.807, 2.05) is 41.8 Å². The van der Waals surface area contributed by atoms with Gasteiger partial charge in [0, 0.05) is 32.0 Å². The van der Waals surface area contributed by atoms with E-state index in [0.29, 0.717) is 53.0 Å². The van der Waals surface area contributed by atoms with Crippen molar-refractivity contribution in [1.82, 2.24) is 29.3 Å². The van der Waals surface area contributed by atoms with E-state index in [1.54, 1.807) is 4.68 Å². The fraction of sp³-hybridized carbons (Fsp3) is 0.318. The van der Waals surface area contributed by atoms with Crippen molar-refractivity contribution in [2.24, 2.45) is 11.8 Å². The number of nitrogens with zero attached hydrogens (tertiary/aromatic N) is 9. The van der Waals surface area contributed by atoms with Gasteiger partial charge in [-0.2, -0.15) is 13.7 Å². The zero-order valence-electron chi connectivity index (χ0n) is 62.6. The van der Waals surface area contributed by atoms with Crippen molar-refractivity contribution < 1.29 is 33.1 Å². The van der Waals surface area contributed by atoms with Crippen LogP contribution in [-0.2, 0) is 32.5 Å². The number of para-hydroxylation sites is 2. The first kappa shape index (κ1) is 71.8. The number of halogens is 5. The molecule has 15 rings (SSSR count). The second-order valence-electron chi connectivity index (χ2n) is 30.8. The summed E-state index contributed by atoms with van der Waals surface area (Å²) >= 11 is 0. The Morgan fingerprint density at radius 2 is 0.689 bits per heavy atom. The van der Waals surface area contributed by atoms with E-state index in [0.717, 1.165) is 71.6 Å². The van der Waals surface area contributed by atoms with Gasteiger partial charge in [0.2, 0.25) is 0 Å². The van der Waals surface area contributed by atoms with Gasteiger partial charge in [-0.25, -0.2) is 0 Å². The lowest BCUT2D eigenvalue weighted by atomic mass is 9.91. The van der Waals surface area contributed by atoms with Crippen LogP contribution in [0.4, 0.5) is 19.4 Å². The van der Waals surface area contributed by atoms with Crippen molar-refractivity contribution in [2.45, 2.75) is 179 Å². The molecule has 0 saturated heterocycles. The molecule has 0 saturated carbocycles. The molecule has 0 atom stereocenters. The Hall–Kier alpha value is -9.60. The molecule has 0 amide bonds. The minimum absolute atomic E-state index is 0.0287. The summed E-state index contributed by atoms with van der Waals surface area (Å²) in [4.78, 5) is -1.87. The molecule has 0 aliphatic carbocycles. The van der Waals surface area contributed by atoms with Gasteiger partial charge in [0.05, 0.1) is 33.4 Å². The van der Waals surface area contributed by atoms with Crippen molar-refractivity contribution in [3.8, 4) is 85.4 Å². The lowest BCUT2D eigenvalue weighted by Crippen LogP contribution is -2.37. The molecule has 15 heteroatoms. The van der Waals surface area contributed by atoms with Gasteiger partial charge in [-0.15, -0.1) is 14.0 Å². The normalized spacial score (nSPS) is 13.4. The second-order valence-corrected chi connectivity index (χ2v) is 33.2. The van der Waals surface area contributed by atoms with Crippen molar-refractivity contribution in [2.75, 3.05) is 0 Å². The Balaban J connectivity index is 0.000000138. The highest BCUT2D eigenvalue weighted by atomic mass is 32.5. The van der Waals surface area contributed by atoms with Gasteiger partial charge >= 0.3 is 27.7 Å². The van der Waals surface area contributed by atoms with Gasteiger partial charge < -0.3 is 0 Å². The number of rotatable bonds is 15. The summed E-state index contributed by atoms with van der Waals surface area (Å²) in [6, 6.07) is 60.6. The summed E-state index contributed by atoms with van der Waals surface area (Å²) in [6.07, 6.45) is 2.10. The van der Waals surface area contributed by atoms with Crippen LogP contribution in [0.5, 0.6) is 0 Å². The summed E-state index contributed by atoms with van der Waals surface area (Å²) in [5.41, 5.74) is 26.6. The first-order chi connectivity index (χ1) is 48.8. The molecule has 0 bridgehead atoms. The summed E-state index contributed by atoms with van der Waals surface area (Å²) in [5.74, 6) is 7.98. The van der Waals surface area contributed by atoms with Gasteiger partial charge in [-0.1, -0.05) is 247 Å². The molecule has 3 aliphatic heterocycles. The van der Waals surface area contributed by atoms with Crippen LogP contribution < -0.4 is 13.7 Å². The largest absolute Gasteiger partial charge is 0.314 e. The molecule has 12 aromatic rings. The standard InChI is InChI=1S/C31H36N3.C29H32N3.C28H29F5N3S/c1-20(2)15-25-17-22(5)18-26(16-21(3)4)29(25)34-30(27-13-9-7-11-23(27)6)32-33-19-24-12-8-10-14-28(24)31(33)34;1-18(2)23-12-9-13-24(19(3)4)27(23)32-28(25-11-8-7-10-21(25)6)30-31-17-22-15-14-20(5)16-26(22)29(31)32;1-17(2)22-11-8-12-23(18(3)4)26(22)36-27(24-10-7-6-9-19(24)5)34-35-16-20-15-21(37(29,30,31,32)33)13-14-25(20)28(35)36/h7-14,17-18,20-21H,15-16,19H2,1-6H3;7-16,18-19H,17H2,1-6H3;6-15,17-18H,16H2,1-5H3/q3*+1. The Morgan fingerprint density at radius 1 is 0.340 bits per heavy atom. The maximum absolute atomic E-state index is 13.6. The number of hydrogen-bond donors (Lipinski definition) is 0. The fourth-order valence-corrected chi connectivity index (χ4v) is 16.2. The van der Waals surface area contributed by atoms with E-state index in [9.17, 15) is 19.4 Å². The maximum atomic E-state index is 13.6. The Kier molecular flexibility index (Phi) is 18.7. The predicted octanol–water partition coefficient (Wildman–Crippen LogP) is 22.7. The van der Waals surface area contributed by atoms with E-state index in [4.69, 9.17) is 15.3 Å². The lowest BCUT2D eigenvalue weighted by molar-refractivity contribution is -0.574. The van der Waals surface area contributed by atoms with Crippen LogP contribution in [0.25, 0.3) is 85.4 Å². The van der Waals surface area contributed by atoms with Crippen molar-refractivity contribution in [3.05, 3.63) is 260 Å². The van der Waals surface area contributed by atoms with Crippen LogP contribution in [-0.4, -0.2) is 29.3 Å². The zero-order chi connectivity index (χ0) is 73.5. The van der Waals surface area contributed by atoms with Gasteiger partial charge in [0.1, 0.15) is 41.6 Å². The van der Waals surface area contributed by atoms with Gasteiger partial charge in [0.15, 0.2) is 0 Å². The average molecular weight is 1410 g/mol. The molecule has 9 aromatic carbocycles. The molecule has 3 aromatic heterocycles. The summed E-state index contributed by atoms with van der Waals surface area (Å²) in [6.45, 7) is 39.2. The zero-order valence-corrected chi connectivity index (χ0v) is 63.5. The molecule has 9 nitrogen and oxygen atoms in total. The molecule has 0 N–H and O–H groups in total. The van der Waals surface area contributed by atoms with Crippen LogP contribution in [0, 0.1) is 46.5 Å². The third kappa shape index (κ3) is 13.7. The monoisotopic (exact) mass is 1410 g/mol. The number of aromatic nitrogens is 9. The Bertz CT molecular complexity index is 5200. The lowest BCUT2D eigenvalue weighted by Gasteiger charge is -2.40. The Morgan fingerprint density at radius 3 is 1.08 bits per heavy atom. The SMILES string of the molecule is Cc1cc(CC(C)C)c(-[n+]2c(-c3ccccc3C)nn3c2-c2ccccc2C3)c(CC(C)C)c1.Cc1ccc2c(c1)-c1n(nc(-c3ccccc3C)[n+]1-c1c(C(C)C)cccc1C(C)C)C2.Cc1ccccc1-c1nn2c([n+]1-c1c(C(C)C)cccc1C(C)C)-c1ccc(S(F)(F)(F)(F)F)cc1C2. The molecule has 103 heavy (non-hydrogen) atoms. The van der Waals surface area contributed by atoms with Crippen LogP contribution in [0.15, 0.2) is 187 Å².